The van der Waals surface area contributed by atoms with Gasteiger partial charge in [0.25, 0.3) is 5.89 Å². The molecule has 4 aromatic rings. The molecule has 0 amide bonds. The molecule has 0 radical (unpaired) electrons. The number of hydrogen-bond acceptors (Lipinski definition) is 6. The highest BCUT2D eigenvalue weighted by Gasteiger charge is 2.11. The molecule has 0 bridgehead atoms. The van der Waals surface area contributed by atoms with Crippen molar-refractivity contribution >= 4 is 45.7 Å². The number of benzene rings is 1. The zero-order chi connectivity index (χ0) is 14.9. The van der Waals surface area contributed by atoms with Crippen LogP contribution in [0.5, 0.6) is 0 Å². The average Bonchev–Trinajstić information content (AvgIpc) is 3.24. The Morgan fingerprint density at radius 2 is 2.23 bits per heavy atom. The van der Waals surface area contributed by atoms with Crippen LogP contribution < -0.4 is 0 Å². The minimum atomic E-state index is 0.557. The number of hydrogen-bond donors (Lipinski definition) is 1. The Morgan fingerprint density at radius 1 is 1.27 bits per heavy atom. The summed E-state index contributed by atoms with van der Waals surface area (Å²) in [5, 5.41) is 11.6. The fourth-order valence-electron chi connectivity index (χ4n) is 1.97. The summed E-state index contributed by atoms with van der Waals surface area (Å²) in [6.45, 7) is 0. The van der Waals surface area contributed by atoms with Crippen molar-refractivity contribution in [3.05, 3.63) is 46.6 Å². The van der Waals surface area contributed by atoms with E-state index in [9.17, 15) is 0 Å². The number of nitrogens with one attached hydrogen (secondary N) is 1. The highest BCUT2D eigenvalue weighted by atomic mass is 35.5. The van der Waals surface area contributed by atoms with Crippen LogP contribution in [-0.4, -0.2) is 20.2 Å². The molecule has 0 saturated carbocycles. The third kappa shape index (κ3) is 2.75. The molecular formula is C14H9ClN4OS2. The number of fused-ring (bicyclic) bond motifs is 1. The van der Waals surface area contributed by atoms with Gasteiger partial charge in [0, 0.05) is 5.02 Å². The van der Waals surface area contributed by atoms with E-state index in [1.165, 1.54) is 11.8 Å². The van der Waals surface area contributed by atoms with E-state index < -0.39 is 0 Å². The molecule has 0 fully saturated rings. The summed E-state index contributed by atoms with van der Waals surface area (Å²) in [6, 6.07) is 9.48. The maximum absolute atomic E-state index is 5.97. The van der Waals surface area contributed by atoms with Crippen molar-refractivity contribution in [2.45, 2.75) is 10.9 Å². The second-order valence-corrected chi connectivity index (χ2v) is 6.82. The molecule has 3 heterocycles. The maximum atomic E-state index is 5.97. The van der Waals surface area contributed by atoms with Crippen molar-refractivity contribution < 1.29 is 4.42 Å². The number of rotatable bonds is 4. The van der Waals surface area contributed by atoms with Gasteiger partial charge in [0.15, 0.2) is 5.16 Å². The molecule has 0 atom stereocenters. The van der Waals surface area contributed by atoms with Crippen LogP contribution in [0.4, 0.5) is 0 Å². The highest BCUT2D eigenvalue weighted by molar-refractivity contribution is 7.98. The summed E-state index contributed by atoms with van der Waals surface area (Å²) in [5.74, 6) is 1.69. The monoisotopic (exact) mass is 348 g/mol. The standard InChI is InChI=1S/C14H9ClN4OS2/c15-8-3-4-9-10(6-8)17-14(16-9)22-7-12-18-19-13(20-12)11-2-1-5-21-11/h1-6H,7H2,(H,16,17). The summed E-state index contributed by atoms with van der Waals surface area (Å²) in [6.07, 6.45) is 0. The van der Waals surface area contributed by atoms with Gasteiger partial charge in [-0.15, -0.1) is 21.5 Å². The third-order valence-electron chi connectivity index (χ3n) is 2.95. The number of imidazole rings is 1. The fraction of sp³-hybridized carbons (Fsp3) is 0.0714. The van der Waals surface area contributed by atoms with Crippen LogP contribution in [0, 0.1) is 0 Å². The Bertz CT molecular complexity index is 916. The van der Waals surface area contributed by atoms with Crippen LogP contribution in [0.25, 0.3) is 21.8 Å². The molecule has 5 nitrogen and oxygen atoms in total. The first-order valence-electron chi connectivity index (χ1n) is 6.42. The first kappa shape index (κ1) is 13.8. The Morgan fingerprint density at radius 3 is 3.09 bits per heavy atom. The van der Waals surface area contributed by atoms with E-state index >= 15 is 0 Å². The number of aromatic nitrogens is 4. The summed E-state index contributed by atoms with van der Waals surface area (Å²) in [7, 11) is 0. The molecular weight excluding hydrogens is 340 g/mol. The molecule has 1 N–H and O–H groups in total. The molecule has 4 rings (SSSR count). The van der Waals surface area contributed by atoms with Gasteiger partial charge in [-0.1, -0.05) is 29.4 Å². The van der Waals surface area contributed by atoms with Crippen molar-refractivity contribution in [1.29, 1.82) is 0 Å². The van der Waals surface area contributed by atoms with E-state index in [-0.39, 0.29) is 0 Å². The zero-order valence-electron chi connectivity index (χ0n) is 11.1. The van der Waals surface area contributed by atoms with Gasteiger partial charge in [-0.05, 0) is 29.6 Å². The lowest BCUT2D eigenvalue weighted by Crippen LogP contribution is -1.81. The molecule has 0 aliphatic carbocycles. The molecule has 0 aliphatic rings. The highest BCUT2D eigenvalue weighted by Crippen LogP contribution is 2.27. The number of thiophene rings is 1. The van der Waals surface area contributed by atoms with E-state index in [1.54, 1.807) is 11.3 Å². The van der Waals surface area contributed by atoms with E-state index in [2.05, 4.69) is 20.2 Å². The lowest BCUT2D eigenvalue weighted by molar-refractivity contribution is 0.529. The zero-order valence-corrected chi connectivity index (χ0v) is 13.5. The van der Waals surface area contributed by atoms with Crippen LogP contribution in [-0.2, 0) is 5.75 Å². The average molecular weight is 349 g/mol. The molecule has 3 aromatic heterocycles. The normalized spacial score (nSPS) is 11.3. The number of nitrogens with zero attached hydrogens (tertiary/aromatic N) is 3. The maximum Gasteiger partial charge on any atom is 0.257 e. The summed E-state index contributed by atoms with van der Waals surface area (Å²) < 4.78 is 5.65. The van der Waals surface area contributed by atoms with Crippen molar-refractivity contribution in [3.63, 3.8) is 0 Å². The quantitative estimate of drug-likeness (QED) is 0.545. The van der Waals surface area contributed by atoms with Crippen LogP contribution in [0.1, 0.15) is 5.89 Å². The van der Waals surface area contributed by atoms with Crippen LogP contribution >= 0.6 is 34.7 Å². The van der Waals surface area contributed by atoms with Crippen molar-refractivity contribution in [2.75, 3.05) is 0 Å². The van der Waals surface area contributed by atoms with E-state index in [4.69, 9.17) is 16.0 Å². The number of halogens is 1. The summed E-state index contributed by atoms with van der Waals surface area (Å²) in [4.78, 5) is 8.68. The summed E-state index contributed by atoms with van der Waals surface area (Å²) in [5.41, 5.74) is 1.80. The molecule has 8 heteroatoms. The third-order valence-corrected chi connectivity index (χ3v) is 4.90. The van der Waals surface area contributed by atoms with Gasteiger partial charge in [0.2, 0.25) is 5.89 Å². The Hall–Kier alpha value is -1.83. The number of thioether (sulfide) groups is 1. The number of aromatic amines is 1. The van der Waals surface area contributed by atoms with E-state index in [0.29, 0.717) is 22.6 Å². The fourth-order valence-corrected chi connectivity index (χ4v) is 3.51. The molecule has 0 aliphatic heterocycles. The molecule has 0 unspecified atom stereocenters. The summed E-state index contributed by atoms with van der Waals surface area (Å²) >= 11 is 9.05. The number of H-pyrrole nitrogens is 1. The SMILES string of the molecule is Clc1ccc2nc(SCc3nnc(-c4cccs4)o3)[nH]c2c1. The van der Waals surface area contributed by atoms with Gasteiger partial charge in [-0.2, -0.15) is 0 Å². The predicted octanol–water partition coefficient (Wildman–Crippen LogP) is 4.62. The Balaban J connectivity index is 1.49. The second-order valence-electron chi connectivity index (χ2n) is 4.47. The van der Waals surface area contributed by atoms with Gasteiger partial charge in [0.05, 0.1) is 21.7 Å². The minimum absolute atomic E-state index is 0.557. The molecule has 0 saturated heterocycles. The second kappa shape index (κ2) is 5.75. The molecule has 0 spiro atoms. The molecule has 22 heavy (non-hydrogen) atoms. The first-order valence-corrected chi connectivity index (χ1v) is 8.66. The minimum Gasteiger partial charge on any atom is -0.419 e. The van der Waals surface area contributed by atoms with Crippen LogP contribution in [0.3, 0.4) is 0 Å². The van der Waals surface area contributed by atoms with Gasteiger partial charge in [0.1, 0.15) is 0 Å². The molecule has 1 aromatic carbocycles. The van der Waals surface area contributed by atoms with Crippen LogP contribution in [0.15, 0.2) is 45.3 Å². The molecule has 110 valence electrons. The van der Waals surface area contributed by atoms with Crippen molar-refractivity contribution in [3.8, 4) is 10.8 Å². The van der Waals surface area contributed by atoms with Crippen molar-refractivity contribution in [2.24, 2.45) is 0 Å². The lowest BCUT2D eigenvalue weighted by atomic mass is 10.3. The van der Waals surface area contributed by atoms with E-state index in [0.717, 1.165) is 21.1 Å². The van der Waals surface area contributed by atoms with Gasteiger partial charge < -0.3 is 9.40 Å². The lowest BCUT2D eigenvalue weighted by Gasteiger charge is -1.92. The van der Waals surface area contributed by atoms with Crippen LogP contribution in [0.2, 0.25) is 5.02 Å². The Kier molecular flexibility index (Phi) is 3.61. The van der Waals surface area contributed by atoms with Gasteiger partial charge >= 0.3 is 0 Å². The first-order chi connectivity index (χ1) is 10.8. The Labute approximate surface area is 138 Å². The van der Waals surface area contributed by atoms with Crippen molar-refractivity contribution in [1.82, 2.24) is 20.2 Å². The van der Waals surface area contributed by atoms with E-state index in [1.807, 2.05) is 35.7 Å². The smallest absolute Gasteiger partial charge is 0.257 e. The van der Waals surface area contributed by atoms with Gasteiger partial charge in [-0.3, -0.25) is 0 Å². The predicted molar refractivity (Wildman–Crippen MR) is 88.3 cm³/mol. The van der Waals surface area contributed by atoms with Gasteiger partial charge in [-0.25, -0.2) is 4.98 Å². The topological polar surface area (TPSA) is 67.6 Å². The largest absolute Gasteiger partial charge is 0.419 e.